The zero-order chi connectivity index (χ0) is 31.5. The van der Waals surface area contributed by atoms with Gasteiger partial charge < -0.3 is 10.6 Å². The van der Waals surface area contributed by atoms with Gasteiger partial charge in [-0.15, -0.1) is 0 Å². The number of hydrogen-bond donors (Lipinski definition) is 2. The number of rotatable bonds is 7. The maximum Gasteiger partial charge on any atom is 0.280 e. The molecule has 0 saturated carbocycles. The number of hydrazone groups is 2. The first kappa shape index (κ1) is 28.9. The Labute approximate surface area is 259 Å². The van der Waals surface area contributed by atoms with Crippen molar-refractivity contribution in [3.05, 3.63) is 132 Å². The molecule has 0 aromatic heterocycles. The number of nitrogens with zero attached hydrogens (tertiary/aromatic N) is 4. The number of nitrogens with one attached hydrogen (secondary N) is 2. The van der Waals surface area contributed by atoms with Gasteiger partial charge in [-0.05, 0) is 54.1 Å². The molecule has 1 atom stereocenters. The minimum absolute atomic E-state index is 0.200. The van der Waals surface area contributed by atoms with Crippen LogP contribution in [0.4, 0.5) is 22.7 Å². The third kappa shape index (κ3) is 6.02. The quantitative estimate of drug-likeness (QED) is 0.279. The molecule has 2 aliphatic heterocycles. The van der Waals surface area contributed by atoms with Gasteiger partial charge in [-0.25, -0.2) is 0 Å². The summed E-state index contributed by atoms with van der Waals surface area (Å²) in [6, 6.07) is 32.1. The van der Waals surface area contributed by atoms with E-state index in [9.17, 15) is 19.2 Å². The highest BCUT2D eigenvalue weighted by Crippen LogP contribution is 2.32. The zero-order valence-corrected chi connectivity index (χ0v) is 24.5. The monoisotopic (exact) mass is 596 g/mol. The van der Waals surface area contributed by atoms with Crippen LogP contribution >= 0.6 is 0 Å². The number of carbonyl (C=O) groups excluding carboxylic acids is 4. The SMILES string of the molecule is CC(=O)Nc1ccc(C2=NN(c3ccccc3)C(=O)/C2=C/[C@@H]2C(=O)N(c3ccccc3)N=C2c2ccc(NC(C)=O)cc2)cc1. The van der Waals surface area contributed by atoms with Crippen LogP contribution in [-0.2, 0) is 19.2 Å². The van der Waals surface area contributed by atoms with Crippen molar-refractivity contribution in [3.63, 3.8) is 0 Å². The second-order valence-electron chi connectivity index (χ2n) is 10.4. The van der Waals surface area contributed by atoms with E-state index in [-0.39, 0.29) is 23.3 Å². The van der Waals surface area contributed by atoms with Crippen LogP contribution < -0.4 is 20.7 Å². The molecule has 2 aliphatic rings. The Morgan fingerprint density at radius 2 is 1.13 bits per heavy atom. The zero-order valence-electron chi connectivity index (χ0n) is 24.5. The van der Waals surface area contributed by atoms with Gasteiger partial charge in [0, 0.05) is 30.8 Å². The lowest BCUT2D eigenvalue weighted by Crippen LogP contribution is -2.28. The molecule has 0 bridgehead atoms. The molecule has 6 rings (SSSR count). The van der Waals surface area contributed by atoms with E-state index in [0.29, 0.717) is 45.3 Å². The van der Waals surface area contributed by atoms with E-state index < -0.39 is 11.8 Å². The van der Waals surface area contributed by atoms with E-state index in [0.717, 1.165) is 0 Å². The lowest BCUT2D eigenvalue weighted by molar-refractivity contribution is -0.119. The maximum atomic E-state index is 14.0. The van der Waals surface area contributed by atoms with Crippen molar-refractivity contribution >= 4 is 57.8 Å². The van der Waals surface area contributed by atoms with Gasteiger partial charge in [0.05, 0.1) is 22.7 Å². The molecular weight excluding hydrogens is 568 g/mol. The first-order chi connectivity index (χ1) is 21.8. The molecule has 2 N–H and O–H groups in total. The normalized spacial score (nSPS) is 16.9. The third-order valence-electron chi connectivity index (χ3n) is 7.17. The predicted octanol–water partition coefficient (Wildman–Crippen LogP) is 5.35. The van der Waals surface area contributed by atoms with E-state index in [1.807, 2.05) is 36.4 Å². The van der Waals surface area contributed by atoms with Crippen molar-refractivity contribution in [1.29, 1.82) is 0 Å². The molecule has 4 amide bonds. The van der Waals surface area contributed by atoms with E-state index in [4.69, 9.17) is 10.2 Å². The molecule has 0 spiro atoms. The number of para-hydroxylation sites is 2. The standard InChI is InChI=1S/C35H28N6O4/c1-22(42)36-26-17-13-24(14-18-26)32-30(34(44)40(38-32)28-9-5-3-6-10-28)21-31-33(25-15-19-27(20-16-25)37-23(2)43)39-41(35(31)45)29-11-7-4-8-12-29/h3-21,30H,1-2H3,(H,36,42)(H,37,43)/b31-21+/t30-/m0/s1. The summed E-state index contributed by atoms with van der Waals surface area (Å²) in [5.74, 6) is -2.05. The van der Waals surface area contributed by atoms with Gasteiger partial charge in [0.15, 0.2) is 0 Å². The third-order valence-corrected chi connectivity index (χ3v) is 7.17. The Balaban J connectivity index is 1.45. The van der Waals surface area contributed by atoms with Crippen LogP contribution in [0.1, 0.15) is 25.0 Å². The molecule has 2 heterocycles. The topological polar surface area (TPSA) is 124 Å². The highest BCUT2D eigenvalue weighted by Gasteiger charge is 2.40. The Kier molecular flexibility index (Phi) is 7.85. The Bertz CT molecular complexity index is 1880. The highest BCUT2D eigenvalue weighted by molar-refractivity contribution is 6.36. The van der Waals surface area contributed by atoms with Crippen molar-refractivity contribution in [1.82, 2.24) is 0 Å². The van der Waals surface area contributed by atoms with Crippen LogP contribution in [0.5, 0.6) is 0 Å². The van der Waals surface area contributed by atoms with E-state index >= 15 is 0 Å². The number of anilines is 4. The van der Waals surface area contributed by atoms with Crippen LogP contribution in [0.25, 0.3) is 0 Å². The number of amides is 4. The van der Waals surface area contributed by atoms with Crippen molar-refractivity contribution in [2.24, 2.45) is 16.1 Å². The molecule has 10 nitrogen and oxygen atoms in total. The molecule has 0 aliphatic carbocycles. The first-order valence-corrected chi connectivity index (χ1v) is 14.2. The van der Waals surface area contributed by atoms with Crippen LogP contribution in [0.2, 0.25) is 0 Å². The molecule has 222 valence electrons. The van der Waals surface area contributed by atoms with Crippen molar-refractivity contribution < 1.29 is 19.2 Å². The molecule has 10 heteroatoms. The fourth-order valence-corrected chi connectivity index (χ4v) is 5.14. The number of hydrogen-bond acceptors (Lipinski definition) is 6. The van der Waals surface area contributed by atoms with Crippen LogP contribution in [0, 0.1) is 5.92 Å². The molecule has 0 unspecified atom stereocenters. The molecule has 45 heavy (non-hydrogen) atoms. The maximum absolute atomic E-state index is 14.0. The van der Waals surface area contributed by atoms with Gasteiger partial charge in [0.25, 0.3) is 11.8 Å². The van der Waals surface area contributed by atoms with Gasteiger partial charge in [-0.2, -0.15) is 20.2 Å². The van der Waals surface area contributed by atoms with E-state index in [1.54, 1.807) is 78.9 Å². The van der Waals surface area contributed by atoms with E-state index in [1.165, 1.54) is 23.9 Å². The largest absolute Gasteiger partial charge is 0.326 e. The molecule has 0 fully saturated rings. The summed E-state index contributed by atoms with van der Waals surface area (Å²) in [7, 11) is 0. The molecule has 4 aromatic carbocycles. The van der Waals surface area contributed by atoms with Crippen molar-refractivity contribution in [2.45, 2.75) is 13.8 Å². The van der Waals surface area contributed by atoms with Crippen LogP contribution in [0.15, 0.2) is 131 Å². The Morgan fingerprint density at radius 3 is 1.64 bits per heavy atom. The fourth-order valence-electron chi connectivity index (χ4n) is 5.14. The first-order valence-electron chi connectivity index (χ1n) is 14.2. The molecule has 4 aromatic rings. The van der Waals surface area contributed by atoms with Gasteiger partial charge in [-0.1, -0.05) is 66.7 Å². The predicted molar refractivity (Wildman–Crippen MR) is 174 cm³/mol. The summed E-state index contributed by atoms with van der Waals surface area (Å²) in [4.78, 5) is 51.2. The molecule has 0 radical (unpaired) electrons. The van der Waals surface area contributed by atoms with Gasteiger partial charge in [0.1, 0.15) is 11.6 Å². The van der Waals surface area contributed by atoms with Crippen LogP contribution in [0.3, 0.4) is 0 Å². The van der Waals surface area contributed by atoms with Gasteiger partial charge in [0.2, 0.25) is 11.8 Å². The lowest BCUT2D eigenvalue weighted by atomic mass is 9.91. The van der Waals surface area contributed by atoms with Crippen molar-refractivity contribution in [2.75, 3.05) is 20.7 Å². The van der Waals surface area contributed by atoms with E-state index in [2.05, 4.69) is 10.6 Å². The molecule has 0 saturated heterocycles. The summed E-state index contributed by atoms with van der Waals surface area (Å²) in [5, 5.41) is 17.6. The number of carbonyl (C=O) groups is 4. The van der Waals surface area contributed by atoms with Crippen LogP contribution in [-0.4, -0.2) is 35.1 Å². The van der Waals surface area contributed by atoms with Gasteiger partial charge >= 0.3 is 0 Å². The fraction of sp³-hybridized carbons (Fsp3) is 0.0857. The minimum Gasteiger partial charge on any atom is -0.326 e. The van der Waals surface area contributed by atoms with Crippen molar-refractivity contribution in [3.8, 4) is 0 Å². The lowest BCUT2D eigenvalue weighted by Gasteiger charge is -2.14. The Hall–Kier alpha value is -6.16. The summed E-state index contributed by atoms with van der Waals surface area (Å²) in [6.45, 7) is 2.85. The second kappa shape index (κ2) is 12.2. The second-order valence-corrected chi connectivity index (χ2v) is 10.4. The summed E-state index contributed by atoms with van der Waals surface area (Å²) in [6.07, 6.45) is 1.62. The summed E-state index contributed by atoms with van der Waals surface area (Å²) < 4.78 is 0. The summed E-state index contributed by atoms with van der Waals surface area (Å²) >= 11 is 0. The average Bonchev–Trinajstić information content (AvgIpc) is 3.54. The smallest absolute Gasteiger partial charge is 0.280 e. The average molecular weight is 597 g/mol. The summed E-state index contributed by atoms with van der Waals surface area (Å²) in [5.41, 5.74) is 4.71. The minimum atomic E-state index is -0.921. The Morgan fingerprint density at radius 1 is 0.644 bits per heavy atom. The highest BCUT2D eigenvalue weighted by atomic mass is 16.2. The van der Waals surface area contributed by atoms with Gasteiger partial charge in [-0.3, -0.25) is 19.2 Å². The molecular formula is C35H28N6O4. The number of benzene rings is 4.